The van der Waals surface area contributed by atoms with Crippen LogP contribution in [0.4, 0.5) is 17.6 Å². The summed E-state index contributed by atoms with van der Waals surface area (Å²) in [6, 6.07) is 8.29. The summed E-state index contributed by atoms with van der Waals surface area (Å²) in [5.74, 6) is -0.650. The molecule has 232 valence electrons. The Morgan fingerprint density at radius 2 is 1.84 bits per heavy atom. The highest BCUT2D eigenvalue weighted by molar-refractivity contribution is 6.32. The molecule has 1 unspecified atom stereocenters. The highest BCUT2D eigenvalue weighted by Gasteiger charge is 2.39. The Morgan fingerprint density at radius 1 is 1.11 bits per heavy atom. The molecule has 2 aromatic carbocycles. The average molecular weight is 635 g/mol. The predicted molar refractivity (Wildman–Crippen MR) is 151 cm³/mol. The molecular weight excluding hydrogens is 608 g/mol. The number of imidazole rings is 1. The normalized spacial score (nSPS) is 17.6. The highest BCUT2D eigenvalue weighted by Crippen LogP contribution is 2.42. The van der Waals surface area contributed by atoms with Crippen LogP contribution in [0.3, 0.4) is 0 Å². The highest BCUT2D eigenvalue weighted by atomic mass is 35.5. The second-order valence-corrected chi connectivity index (χ2v) is 11.0. The quantitative estimate of drug-likeness (QED) is 0.289. The van der Waals surface area contributed by atoms with Crippen molar-refractivity contribution in [1.29, 1.82) is 0 Å². The number of pyridine rings is 1. The minimum absolute atomic E-state index is 0.0164. The van der Waals surface area contributed by atoms with Crippen molar-refractivity contribution in [2.24, 2.45) is 5.73 Å². The van der Waals surface area contributed by atoms with Crippen molar-refractivity contribution in [3.63, 3.8) is 0 Å². The molecule has 1 fully saturated rings. The molecule has 4 heterocycles. The first-order chi connectivity index (χ1) is 20.9. The van der Waals surface area contributed by atoms with E-state index in [1.807, 2.05) is 0 Å². The average Bonchev–Trinajstić information content (AvgIpc) is 3.36. The minimum Gasteiger partial charge on any atom is -0.493 e. The Balaban J connectivity index is 1.37. The van der Waals surface area contributed by atoms with Crippen molar-refractivity contribution < 1.29 is 41.3 Å². The van der Waals surface area contributed by atoms with Gasteiger partial charge in [0.2, 0.25) is 0 Å². The largest absolute Gasteiger partial charge is 0.493 e. The number of nitrogens with zero attached hydrogens (tertiary/aromatic N) is 3. The molecule has 9 nitrogen and oxygen atoms in total. The Kier molecular flexibility index (Phi) is 7.58. The molecule has 2 N–H and O–H groups in total. The topological polar surface area (TPSA) is 101 Å². The smallest absolute Gasteiger partial charge is 0.416 e. The van der Waals surface area contributed by atoms with Gasteiger partial charge in [-0.25, -0.2) is 9.37 Å². The summed E-state index contributed by atoms with van der Waals surface area (Å²) < 4.78 is 79.2. The van der Waals surface area contributed by atoms with E-state index in [9.17, 15) is 18.0 Å². The number of aromatic nitrogens is 2. The molecule has 0 aliphatic carbocycles. The van der Waals surface area contributed by atoms with Crippen molar-refractivity contribution in [1.82, 2.24) is 14.3 Å². The van der Waals surface area contributed by atoms with Gasteiger partial charge >= 0.3 is 6.18 Å². The van der Waals surface area contributed by atoms with Gasteiger partial charge in [0, 0.05) is 30.8 Å². The number of hydrogen-bond donors (Lipinski definition) is 1. The molecule has 4 aromatic rings. The Morgan fingerprint density at radius 3 is 2.48 bits per heavy atom. The SMILES string of the molecule is COc1cc(F)c(C2c3c(nc4cc(C(F)(F)F)ccn34)CCN2C(=O)COc2ccc(C3(N)COC3)cc2Cl)cc1OC. The first kappa shape index (κ1) is 30.0. The first-order valence-corrected chi connectivity index (χ1v) is 13.9. The lowest BCUT2D eigenvalue weighted by Crippen LogP contribution is -2.54. The van der Waals surface area contributed by atoms with E-state index in [1.54, 1.807) is 18.2 Å². The van der Waals surface area contributed by atoms with Crippen LogP contribution < -0.4 is 19.9 Å². The number of fused-ring (bicyclic) bond motifs is 3. The molecule has 6 rings (SSSR count). The Hall–Kier alpha value is -4.07. The zero-order valence-corrected chi connectivity index (χ0v) is 24.3. The van der Waals surface area contributed by atoms with Crippen molar-refractivity contribution in [3.8, 4) is 17.2 Å². The number of rotatable bonds is 7. The molecule has 2 aliphatic rings. The van der Waals surface area contributed by atoms with E-state index in [1.165, 1.54) is 35.8 Å². The fraction of sp³-hybridized carbons (Fsp3) is 0.333. The maximum Gasteiger partial charge on any atom is 0.416 e. The number of alkyl halides is 3. The van der Waals surface area contributed by atoms with Gasteiger partial charge in [-0.3, -0.25) is 4.79 Å². The first-order valence-electron chi connectivity index (χ1n) is 13.5. The molecule has 44 heavy (non-hydrogen) atoms. The number of benzene rings is 2. The molecule has 0 saturated carbocycles. The second-order valence-electron chi connectivity index (χ2n) is 10.6. The molecule has 0 spiro atoms. The summed E-state index contributed by atoms with van der Waals surface area (Å²) >= 11 is 6.44. The van der Waals surface area contributed by atoms with Crippen molar-refractivity contribution in [2.45, 2.75) is 24.2 Å². The van der Waals surface area contributed by atoms with Crippen LogP contribution in [-0.4, -0.2) is 60.8 Å². The predicted octanol–water partition coefficient (Wildman–Crippen LogP) is 4.90. The lowest BCUT2D eigenvalue weighted by atomic mass is 9.89. The molecule has 0 bridgehead atoms. The van der Waals surface area contributed by atoms with E-state index in [2.05, 4.69) is 4.98 Å². The number of carbonyl (C=O) groups excluding carboxylic acids is 1. The molecular formula is C30H27ClF4N4O5. The van der Waals surface area contributed by atoms with Gasteiger partial charge in [0.25, 0.3) is 5.91 Å². The van der Waals surface area contributed by atoms with E-state index in [-0.39, 0.29) is 46.4 Å². The minimum atomic E-state index is -4.59. The van der Waals surface area contributed by atoms with E-state index >= 15 is 4.39 Å². The molecule has 1 saturated heterocycles. The van der Waals surface area contributed by atoms with Gasteiger partial charge in [0.1, 0.15) is 23.3 Å². The van der Waals surface area contributed by atoms with Gasteiger partial charge in [0.05, 0.1) is 54.9 Å². The number of halogens is 5. The van der Waals surface area contributed by atoms with Crippen molar-refractivity contribution in [3.05, 3.63) is 87.6 Å². The molecule has 0 radical (unpaired) electrons. The molecule has 14 heteroatoms. The van der Waals surface area contributed by atoms with E-state index in [4.69, 9.17) is 36.3 Å². The van der Waals surface area contributed by atoms with Crippen LogP contribution in [0.15, 0.2) is 48.7 Å². The van der Waals surface area contributed by atoms with Crippen LogP contribution in [-0.2, 0) is 27.7 Å². The van der Waals surface area contributed by atoms with E-state index < -0.39 is 41.7 Å². The van der Waals surface area contributed by atoms with Crippen LogP contribution in [0.1, 0.15) is 34.1 Å². The fourth-order valence-electron chi connectivity index (χ4n) is 5.57. The van der Waals surface area contributed by atoms with E-state index in [0.717, 1.165) is 23.8 Å². The lowest BCUT2D eigenvalue weighted by molar-refractivity contribution is -0.137. The van der Waals surface area contributed by atoms with Gasteiger partial charge in [-0.05, 0) is 35.9 Å². The van der Waals surface area contributed by atoms with Crippen molar-refractivity contribution in [2.75, 3.05) is 40.6 Å². The molecule has 2 aliphatic heterocycles. The number of methoxy groups -OCH3 is 2. The zero-order chi connectivity index (χ0) is 31.4. The number of ether oxygens (including phenoxy) is 4. The molecule has 1 amide bonds. The standard InChI is InChI=1S/C30H27ClF4N4O5/c1-41-23-11-18(20(32)12-24(23)42-2)27-28-21(37-25-10-17(30(33,34)35)5-7-38(25)28)6-8-39(27)26(40)13-44-22-4-3-16(9-19(22)31)29(36)14-43-15-29/h3-5,7,9-12,27H,6,8,13-15,36H2,1-2H3. The zero-order valence-electron chi connectivity index (χ0n) is 23.6. The summed E-state index contributed by atoms with van der Waals surface area (Å²) in [6.07, 6.45) is -3.15. The second kappa shape index (κ2) is 11.1. The Labute approximate surface area is 254 Å². The number of hydrogen-bond acceptors (Lipinski definition) is 7. The maximum absolute atomic E-state index is 15.7. The number of carbonyl (C=O) groups is 1. The van der Waals surface area contributed by atoms with Crippen molar-refractivity contribution >= 4 is 23.2 Å². The summed E-state index contributed by atoms with van der Waals surface area (Å²) in [7, 11) is 2.74. The van der Waals surface area contributed by atoms with Crippen LogP contribution in [0.2, 0.25) is 5.02 Å². The number of nitrogens with two attached hydrogens (primary N) is 1. The van der Waals surface area contributed by atoms with Gasteiger partial charge in [0.15, 0.2) is 18.1 Å². The molecule has 2 aromatic heterocycles. The Bertz CT molecular complexity index is 1760. The van der Waals surface area contributed by atoms with Gasteiger partial charge in [-0.15, -0.1) is 0 Å². The summed E-state index contributed by atoms with van der Waals surface area (Å²) in [6.45, 7) is 0.347. The van der Waals surface area contributed by atoms with E-state index in [0.29, 0.717) is 24.6 Å². The summed E-state index contributed by atoms with van der Waals surface area (Å²) in [5, 5.41) is 0.248. The summed E-state index contributed by atoms with van der Waals surface area (Å²) in [5.41, 5.74) is 6.36. The fourth-order valence-corrected chi connectivity index (χ4v) is 5.80. The van der Waals surface area contributed by atoms with Crippen LogP contribution in [0, 0.1) is 5.82 Å². The van der Waals surface area contributed by atoms with Gasteiger partial charge < -0.3 is 34.0 Å². The van der Waals surface area contributed by atoms with Crippen LogP contribution >= 0.6 is 11.6 Å². The van der Waals surface area contributed by atoms with Crippen LogP contribution in [0.25, 0.3) is 5.65 Å². The molecule has 1 atom stereocenters. The lowest BCUT2D eigenvalue weighted by Gasteiger charge is -2.38. The number of amides is 1. The third kappa shape index (κ3) is 5.18. The maximum atomic E-state index is 15.7. The van der Waals surface area contributed by atoms with Gasteiger partial charge in [-0.1, -0.05) is 17.7 Å². The third-order valence-electron chi connectivity index (χ3n) is 7.92. The monoisotopic (exact) mass is 634 g/mol. The van der Waals surface area contributed by atoms with Gasteiger partial charge in [-0.2, -0.15) is 13.2 Å². The summed E-state index contributed by atoms with van der Waals surface area (Å²) in [4.78, 5) is 19.6. The third-order valence-corrected chi connectivity index (χ3v) is 8.22. The van der Waals surface area contributed by atoms with Crippen LogP contribution in [0.5, 0.6) is 17.2 Å².